The van der Waals surface area contributed by atoms with Crippen molar-refractivity contribution in [2.75, 3.05) is 37.3 Å². The first kappa shape index (κ1) is 13.8. The van der Waals surface area contributed by atoms with Gasteiger partial charge in [0.15, 0.2) is 0 Å². The summed E-state index contributed by atoms with van der Waals surface area (Å²) >= 11 is 0. The largest absolute Gasteiger partial charge is 0.354 e. The number of piperazine rings is 1. The Labute approximate surface area is 113 Å². The Bertz CT molecular complexity index is 613. The maximum Gasteiger partial charge on any atom is 0.211 e. The molecule has 1 saturated heterocycles. The zero-order valence-corrected chi connectivity index (χ0v) is 11.8. The molecule has 6 nitrogen and oxygen atoms in total. The van der Waals surface area contributed by atoms with Gasteiger partial charge in [0, 0.05) is 31.9 Å². The molecule has 1 fully saturated rings. The van der Waals surface area contributed by atoms with Gasteiger partial charge in [0.1, 0.15) is 5.82 Å². The Kier molecular flexibility index (Phi) is 3.73. The number of anilines is 1. The highest BCUT2D eigenvalue weighted by atomic mass is 32.2. The summed E-state index contributed by atoms with van der Waals surface area (Å²) < 4.78 is 24.3. The third-order valence-corrected chi connectivity index (χ3v) is 4.40. The number of hydrogen-bond acceptors (Lipinski definition) is 5. The number of sulfonamides is 1. The predicted molar refractivity (Wildman–Crippen MR) is 72.3 cm³/mol. The van der Waals surface area contributed by atoms with Gasteiger partial charge in [-0.3, -0.25) is 0 Å². The van der Waals surface area contributed by atoms with Crippen LogP contribution >= 0.6 is 0 Å². The quantitative estimate of drug-likeness (QED) is 0.781. The van der Waals surface area contributed by atoms with Gasteiger partial charge in [-0.25, -0.2) is 13.4 Å². The lowest BCUT2D eigenvalue weighted by molar-refractivity contribution is 0.387. The van der Waals surface area contributed by atoms with E-state index in [1.165, 1.54) is 10.6 Å². The van der Waals surface area contributed by atoms with E-state index in [1.54, 1.807) is 12.1 Å². The molecule has 0 amide bonds. The zero-order valence-electron chi connectivity index (χ0n) is 11.0. The summed E-state index contributed by atoms with van der Waals surface area (Å²) in [6.45, 7) is 3.94. The van der Waals surface area contributed by atoms with E-state index in [4.69, 9.17) is 5.26 Å². The lowest BCUT2D eigenvalue weighted by Gasteiger charge is -2.34. The molecule has 1 aliphatic heterocycles. The van der Waals surface area contributed by atoms with Crippen molar-refractivity contribution >= 4 is 15.8 Å². The smallest absolute Gasteiger partial charge is 0.211 e. The van der Waals surface area contributed by atoms with Gasteiger partial charge in [-0.05, 0) is 19.1 Å². The minimum Gasteiger partial charge on any atom is -0.354 e. The molecule has 0 saturated carbocycles. The van der Waals surface area contributed by atoms with Crippen LogP contribution in [0, 0.1) is 18.3 Å². The fraction of sp³-hybridized carbons (Fsp3) is 0.500. The molecule has 0 radical (unpaired) electrons. The number of hydrogen-bond donors (Lipinski definition) is 0. The first-order valence-corrected chi connectivity index (χ1v) is 7.84. The van der Waals surface area contributed by atoms with Gasteiger partial charge in [-0.15, -0.1) is 0 Å². The lowest BCUT2D eigenvalue weighted by atomic mass is 10.2. The maximum atomic E-state index is 11.4. The summed E-state index contributed by atoms with van der Waals surface area (Å²) in [4.78, 5) is 6.41. The van der Waals surface area contributed by atoms with E-state index in [2.05, 4.69) is 11.1 Å². The Morgan fingerprint density at radius 2 is 1.89 bits per heavy atom. The SMILES string of the molecule is Cc1cc(C#N)cc(N2CCN(S(C)(=O)=O)CC2)n1. The van der Waals surface area contributed by atoms with Crippen molar-refractivity contribution in [2.45, 2.75) is 6.92 Å². The Morgan fingerprint density at radius 1 is 1.26 bits per heavy atom. The molecule has 102 valence electrons. The van der Waals surface area contributed by atoms with Gasteiger partial charge >= 0.3 is 0 Å². The highest BCUT2D eigenvalue weighted by Gasteiger charge is 2.24. The summed E-state index contributed by atoms with van der Waals surface area (Å²) in [6.07, 6.45) is 1.22. The molecular formula is C12H16N4O2S. The van der Waals surface area contributed by atoms with Crippen LogP contribution in [0.2, 0.25) is 0 Å². The van der Waals surface area contributed by atoms with Crippen LogP contribution < -0.4 is 4.90 Å². The van der Waals surface area contributed by atoms with E-state index in [0.717, 1.165) is 11.5 Å². The van der Waals surface area contributed by atoms with E-state index in [0.29, 0.717) is 31.7 Å². The van der Waals surface area contributed by atoms with E-state index in [-0.39, 0.29) is 0 Å². The van der Waals surface area contributed by atoms with E-state index in [9.17, 15) is 8.42 Å². The summed E-state index contributed by atoms with van der Waals surface area (Å²) in [5, 5.41) is 8.95. The molecule has 0 bridgehead atoms. The number of pyridine rings is 1. The van der Waals surface area contributed by atoms with Gasteiger partial charge in [0.05, 0.1) is 17.9 Å². The predicted octanol–water partition coefficient (Wildman–Crippen LogP) is 0.343. The normalized spacial score (nSPS) is 17.2. The number of nitriles is 1. The summed E-state index contributed by atoms with van der Waals surface area (Å²) in [7, 11) is -3.12. The van der Waals surface area contributed by atoms with Crippen molar-refractivity contribution in [1.29, 1.82) is 5.26 Å². The van der Waals surface area contributed by atoms with Gasteiger partial charge < -0.3 is 4.90 Å². The number of aryl methyl sites for hydroxylation is 1. The molecule has 0 N–H and O–H groups in total. The molecule has 19 heavy (non-hydrogen) atoms. The molecule has 2 heterocycles. The van der Waals surface area contributed by atoms with Crippen LogP contribution in [0.1, 0.15) is 11.3 Å². The first-order valence-electron chi connectivity index (χ1n) is 5.99. The molecular weight excluding hydrogens is 264 g/mol. The molecule has 0 aromatic carbocycles. The van der Waals surface area contributed by atoms with Crippen LogP contribution in [0.25, 0.3) is 0 Å². The molecule has 0 unspecified atom stereocenters. The van der Waals surface area contributed by atoms with Crippen LogP contribution in [0.5, 0.6) is 0 Å². The monoisotopic (exact) mass is 280 g/mol. The minimum atomic E-state index is -3.12. The van der Waals surface area contributed by atoms with Crippen molar-refractivity contribution in [3.05, 3.63) is 23.4 Å². The molecule has 0 spiro atoms. The highest BCUT2D eigenvalue weighted by Crippen LogP contribution is 2.17. The van der Waals surface area contributed by atoms with Crippen molar-refractivity contribution in [3.8, 4) is 6.07 Å². The van der Waals surface area contributed by atoms with Crippen molar-refractivity contribution in [2.24, 2.45) is 0 Å². The number of aromatic nitrogens is 1. The van der Waals surface area contributed by atoms with E-state index >= 15 is 0 Å². The van der Waals surface area contributed by atoms with Gasteiger partial charge in [0.25, 0.3) is 0 Å². The van der Waals surface area contributed by atoms with Crippen molar-refractivity contribution < 1.29 is 8.42 Å². The standard InChI is InChI=1S/C12H16N4O2S/c1-10-7-11(9-13)8-12(14-10)15-3-5-16(6-4-15)19(2,17)18/h7-8H,3-6H2,1-2H3. The highest BCUT2D eigenvalue weighted by molar-refractivity contribution is 7.88. The van der Waals surface area contributed by atoms with Crippen LogP contribution in [0.3, 0.4) is 0 Å². The molecule has 2 rings (SSSR count). The van der Waals surface area contributed by atoms with E-state index < -0.39 is 10.0 Å². The van der Waals surface area contributed by atoms with E-state index in [1.807, 2.05) is 11.8 Å². The zero-order chi connectivity index (χ0) is 14.0. The van der Waals surface area contributed by atoms with Crippen LogP contribution in [-0.2, 0) is 10.0 Å². The second kappa shape index (κ2) is 5.15. The minimum absolute atomic E-state index is 0.455. The lowest BCUT2D eigenvalue weighted by Crippen LogP contribution is -2.48. The molecule has 1 aliphatic rings. The fourth-order valence-corrected chi connectivity index (χ4v) is 2.95. The Morgan fingerprint density at radius 3 is 2.42 bits per heavy atom. The average Bonchev–Trinajstić information content (AvgIpc) is 2.37. The maximum absolute atomic E-state index is 11.4. The Hall–Kier alpha value is -1.65. The van der Waals surface area contributed by atoms with Crippen molar-refractivity contribution in [1.82, 2.24) is 9.29 Å². The third kappa shape index (κ3) is 3.22. The average molecular weight is 280 g/mol. The summed E-state index contributed by atoms with van der Waals surface area (Å²) in [5.74, 6) is 0.740. The number of rotatable bonds is 2. The molecule has 0 atom stereocenters. The summed E-state index contributed by atoms with van der Waals surface area (Å²) in [5.41, 5.74) is 1.37. The fourth-order valence-electron chi connectivity index (χ4n) is 2.13. The van der Waals surface area contributed by atoms with Gasteiger partial charge in [-0.2, -0.15) is 9.57 Å². The van der Waals surface area contributed by atoms with Crippen LogP contribution in [0.4, 0.5) is 5.82 Å². The Balaban J connectivity index is 2.14. The van der Waals surface area contributed by atoms with Crippen molar-refractivity contribution in [3.63, 3.8) is 0 Å². The molecule has 1 aromatic rings. The topological polar surface area (TPSA) is 77.3 Å². The van der Waals surface area contributed by atoms with Crippen LogP contribution in [-0.4, -0.2) is 50.1 Å². The summed E-state index contributed by atoms with van der Waals surface area (Å²) in [6, 6.07) is 5.58. The van der Waals surface area contributed by atoms with Crippen LogP contribution in [0.15, 0.2) is 12.1 Å². The second-order valence-electron chi connectivity index (χ2n) is 4.62. The molecule has 7 heteroatoms. The third-order valence-electron chi connectivity index (χ3n) is 3.10. The first-order chi connectivity index (χ1) is 8.90. The number of nitrogens with zero attached hydrogens (tertiary/aromatic N) is 4. The second-order valence-corrected chi connectivity index (χ2v) is 6.60. The molecule has 0 aliphatic carbocycles. The van der Waals surface area contributed by atoms with Gasteiger partial charge in [-0.1, -0.05) is 0 Å². The molecule has 1 aromatic heterocycles. The van der Waals surface area contributed by atoms with Gasteiger partial charge in [0.2, 0.25) is 10.0 Å².